The SMILES string of the molecule is CN1CCN(C(=O)CNC(=O)C(Cc2ccccc2)c2ccc(F)cc2)CC1. The highest BCUT2D eigenvalue weighted by Crippen LogP contribution is 2.22. The molecule has 1 aliphatic rings. The molecule has 1 aliphatic heterocycles. The summed E-state index contributed by atoms with van der Waals surface area (Å²) in [6, 6.07) is 15.7. The fourth-order valence-electron chi connectivity index (χ4n) is 3.36. The van der Waals surface area contributed by atoms with Crippen LogP contribution in [0.25, 0.3) is 0 Å². The Bertz CT molecular complexity index is 787. The summed E-state index contributed by atoms with van der Waals surface area (Å²) in [6.45, 7) is 3.01. The van der Waals surface area contributed by atoms with Gasteiger partial charge in [0.05, 0.1) is 12.5 Å². The van der Waals surface area contributed by atoms with E-state index in [0.29, 0.717) is 19.5 Å². The second-order valence-corrected chi connectivity index (χ2v) is 7.20. The van der Waals surface area contributed by atoms with E-state index in [4.69, 9.17) is 0 Å². The minimum absolute atomic E-state index is 0.0188. The molecule has 28 heavy (non-hydrogen) atoms. The average Bonchev–Trinajstić information content (AvgIpc) is 2.72. The van der Waals surface area contributed by atoms with Gasteiger partial charge in [-0.3, -0.25) is 9.59 Å². The van der Waals surface area contributed by atoms with E-state index in [1.165, 1.54) is 12.1 Å². The molecular formula is C22H26FN3O2. The lowest BCUT2D eigenvalue weighted by atomic mass is 9.91. The Morgan fingerprint density at radius 3 is 2.29 bits per heavy atom. The summed E-state index contributed by atoms with van der Waals surface area (Å²) in [7, 11) is 2.03. The third-order valence-corrected chi connectivity index (χ3v) is 5.14. The summed E-state index contributed by atoms with van der Waals surface area (Å²) in [4.78, 5) is 29.3. The van der Waals surface area contributed by atoms with Crippen LogP contribution in [0.5, 0.6) is 0 Å². The molecule has 148 valence electrons. The molecule has 1 unspecified atom stereocenters. The van der Waals surface area contributed by atoms with E-state index in [1.807, 2.05) is 37.4 Å². The number of hydrogen-bond acceptors (Lipinski definition) is 3. The van der Waals surface area contributed by atoms with Gasteiger partial charge in [-0.25, -0.2) is 4.39 Å². The number of carbonyl (C=O) groups excluding carboxylic acids is 2. The first kappa shape index (κ1) is 20.0. The molecule has 1 saturated heterocycles. The molecule has 0 spiro atoms. The number of likely N-dealkylation sites (N-methyl/N-ethyl adjacent to an activating group) is 1. The van der Waals surface area contributed by atoms with Crippen molar-refractivity contribution in [2.45, 2.75) is 12.3 Å². The van der Waals surface area contributed by atoms with Crippen molar-refractivity contribution in [1.82, 2.24) is 15.1 Å². The van der Waals surface area contributed by atoms with Crippen LogP contribution < -0.4 is 5.32 Å². The quantitative estimate of drug-likeness (QED) is 0.831. The smallest absolute Gasteiger partial charge is 0.242 e. The number of carbonyl (C=O) groups is 2. The van der Waals surface area contributed by atoms with Crippen LogP contribution in [0, 0.1) is 5.82 Å². The second kappa shape index (κ2) is 9.46. The van der Waals surface area contributed by atoms with Gasteiger partial charge in [0, 0.05) is 26.2 Å². The molecule has 2 aromatic carbocycles. The van der Waals surface area contributed by atoms with Crippen LogP contribution in [0.3, 0.4) is 0 Å². The van der Waals surface area contributed by atoms with E-state index < -0.39 is 5.92 Å². The van der Waals surface area contributed by atoms with Gasteiger partial charge < -0.3 is 15.1 Å². The van der Waals surface area contributed by atoms with Crippen LogP contribution >= 0.6 is 0 Å². The summed E-state index contributed by atoms with van der Waals surface area (Å²) in [5.74, 6) is -1.12. The molecule has 6 heteroatoms. The fraction of sp³-hybridized carbons (Fsp3) is 0.364. The van der Waals surface area contributed by atoms with Crippen LogP contribution in [0.1, 0.15) is 17.0 Å². The molecule has 1 heterocycles. The van der Waals surface area contributed by atoms with E-state index in [9.17, 15) is 14.0 Å². The topological polar surface area (TPSA) is 52.6 Å². The summed E-state index contributed by atoms with van der Waals surface area (Å²) in [5, 5.41) is 2.79. The number of nitrogens with zero attached hydrogens (tertiary/aromatic N) is 2. The Labute approximate surface area is 165 Å². The largest absolute Gasteiger partial charge is 0.346 e. The molecule has 1 atom stereocenters. The number of rotatable bonds is 6. The van der Waals surface area contributed by atoms with Crippen molar-refractivity contribution in [3.63, 3.8) is 0 Å². The van der Waals surface area contributed by atoms with E-state index in [2.05, 4.69) is 10.2 Å². The highest BCUT2D eigenvalue weighted by Gasteiger charge is 2.24. The van der Waals surface area contributed by atoms with Crippen LogP contribution in [-0.4, -0.2) is 61.4 Å². The van der Waals surface area contributed by atoms with Crippen molar-refractivity contribution in [3.8, 4) is 0 Å². The number of halogens is 1. The molecule has 2 aromatic rings. The lowest BCUT2D eigenvalue weighted by Crippen LogP contribution is -2.50. The van der Waals surface area contributed by atoms with Crippen molar-refractivity contribution < 1.29 is 14.0 Å². The molecule has 3 rings (SSSR count). The minimum atomic E-state index is -0.483. The Morgan fingerprint density at radius 1 is 1.00 bits per heavy atom. The van der Waals surface area contributed by atoms with Crippen LogP contribution in [0.15, 0.2) is 54.6 Å². The maximum Gasteiger partial charge on any atom is 0.242 e. The van der Waals surface area contributed by atoms with Gasteiger partial charge in [-0.15, -0.1) is 0 Å². The van der Waals surface area contributed by atoms with Gasteiger partial charge in [-0.1, -0.05) is 42.5 Å². The number of nitrogens with one attached hydrogen (secondary N) is 1. The first-order chi connectivity index (χ1) is 13.5. The number of amides is 2. The number of benzene rings is 2. The molecule has 0 bridgehead atoms. The maximum absolute atomic E-state index is 13.3. The van der Waals surface area contributed by atoms with E-state index in [1.54, 1.807) is 17.0 Å². The van der Waals surface area contributed by atoms with Crippen molar-refractivity contribution in [3.05, 3.63) is 71.5 Å². The van der Waals surface area contributed by atoms with E-state index in [-0.39, 0.29) is 24.2 Å². The summed E-state index contributed by atoms with van der Waals surface area (Å²) < 4.78 is 13.3. The predicted molar refractivity (Wildman–Crippen MR) is 106 cm³/mol. The Kier molecular flexibility index (Phi) is 6.76. The summed E-state index contributed by atoms with van der Waals surface area (Å²) >= 11 is 0. The third kappa shape index (κ3) is 5.39. The zero-order valence-corrected chi connectivity index (χ0v) is 16.1. The third-order valence-electron chi connectivity index (χ3n) is 5.14. The van der Waals surface area contributed by atoms with Crippen molar-refractivity contribution in [1.29, 1.82) is 0 Å². The molecule has 1 N–H and O–H groups in total. The molecule has 0 radical (unpaired) electrons. The lowest BCUT2D eigenvalue weighted by molar-refractivity contribution is -0.134. The number of piperazine rings is 1. The zero-order chi connectivity index (χ0) is 19.9. The van der Waals surface area contributed by atoms with Crippen molar-refractivity contribution >= 4 is 11.8 Å². The minimum Gasteiger partial charge on any atom is -0.346 e. The molecule has 0 aliphatic carbocycles. The molecule has 0 aromatic heterocycles. The van der Waals surface area contributed by atoms with Crippen LogP contribution in [0.4, 0.5) is 4.39 Å². The maximum atomic E-state index is 13.3. The Hall–Kier alpha value is -2.73. The molecule has 0 saturated carbocycles. The Morgan fingerprint density at radius 2 is 1.64 bits per heavy atom. The van der Waals surface area contributed by atoms with Gasteiger partial charge in [-0.05, 0) is 36.7 Å². The fourth-order valence-corrected chi connectivity index (χ4v) is 3.36. The molecular weight excluding hydrogens is 357 g/mol. The van der Waals surface area contributed by atoms with Gasteiger partial charge >= 0.3 is 0 Å². The normalized spacial score (nSPS) is 15.9. The van der Waals surface area contributed by atoms with Crippen molar-refractivity contribution in [2.75, 3.05) is 39.8 Å². The van der Waals surface area contributed by atoms with Crippen LogP contribution in [-0.2, 0) is 16.0 Å². The van der Waals surface area contributed by atoms with Gasteiger partial charge in [0.15, 0.2) is 0 Å². The van der Waals surface area contributed by atoms with Gasteiger partial charge in [-0.2, -0.15) is 0 Å². The van der Waals surface area contributed by atoms with Gasteiger partial charge in [0.2, 0.25) is 11.8 Å². The van der Waals surface area contributed by atoms with Gasteiger partial charge in [0.1, 0.15) is 5.82 Å². The average molecular weight is 383 g/mol. The summed E-state index contributed by atoms with van der Waals surface area (Å²) in [5.41, 5.74) is 1.74. The highest BCUT2D eigenvalue weighted by atomic mass is 19.1. The second-order valence-electron chi connectivity index (χ2n) is 7.20. The first-order valence-corrected chi connectivity index (χ1v) is 9.56. The van der Waals surface area contributed by atoms with Crippen molar-refractivity contribution in [2.24, 2.45) is 0 Å². The summed E-state index contributed by atoms with van der Waals surface area (Å²) in [6.07, 6.45) is 0.487. The number of hydrogen-bond donors (Lipinski definition) is 1. The van der Waals surface area contributed by atoms with E-state index >= 15 is 0 Å². The van der Waals surface area contributed by atoms with Gasteiger partial charge in [0.25, 0.3) is 0 Å². The Balaban J connectivity index is 1.66. The standard InChI is InChI=1S/C22H26FN3O2/c1-25-11-13-26(14-12-25)21(27)16-24-22(28)20(15-17-5-3-2-4-6-17)18-7-9-19(23)10-8-18/h2-10,20H,11-16H2,1H3,(H,24,28). The van der Waals surface area contributed by atoms with E-state index in [0.717, 1.165) is 24.2 Å². The first-order valence-electron chi connectivity index (χ1n) is 9.56. The monoisotopic (exact) mass is 383 g/mol. The van der Waals surface area contributed by atoms with Crippen LogP contribution in [0.2, 0.25) is 0 Å². The highest BCUT2D eigenvalue weighted by molar-refractivity contribution is 5.88. The zero-order valence-electron chi connectivity index (χ0n) is 16.1. The molecule has 1 fully saturated rings. The molecule has 2 amide bonds. The predicted octanol–water partition coefficient (Wildman–Crippen LogP) is 2.04. The molecule has 5 nitrogen and oxygen atoms in total. The lowest BCUT2D eigenvalue weighted by Gasteiger charge is -2.32.